The number of aromatic amines is 1. The first-order chi connectivity index (χ1) is 16.2. The minimum Gasteiger partial charge on any atom is -0.486 e. The highest BCUT2D eigenvalue weighted by molar-refractivity contribution is 7.89. The molecule has 2 aliphatic rings. The number of benzene rings is 1. The van der Waals surface area contributed by atoms with E-state index in [4.69, 9.17) is 14.2 Å². The number of amides is 1. The van der Waals surface area contributed by atoms with Crippen LogP contribution < -0.4 is 14.8 Å². The average molecular weight is 492 g/mol. The van der Waals surface area contributed by atoms with Gasteiger partial charge in [0.05, 0.1) is 12.5 Å². The van der Waals surface area contributed by atoms with Crippen LogP contribution in [-0.4, -0.2) is 62.5 Å². The monoisotopic (exact) mass is 491 g/mol. The topological polar surface area (TPSA) is 127 Å². The number of hydrogen-bond acceptors (Lipinski definition) is 7. The first-order valence-electron chi connectivity index (χ1n) is 11.3. The van der Waals surface area contributed by atoms with Crippen molar-refractivity contribution in [3.63, 3.8) is 0 Å². The molecule has 1 amide bonds. The normalized spacial score (nSPS) is 18.4. The van der Waals surface area contributed by atoms with E-state index < -0.39 is 21.9 Å². The predicted molar refractivity (Wildman–Crippen MR) is 124 cm³/mol. The molecule has 34 heavy (non-hydrogen) atoms. The largest absolute Gasteiger partial charge is 0.486 e. The Morgan fingerprint density at radius 2 is 1.91 bits per heavy atom. The van der Waals surface area contributed by atoms with E-state index >= 15 is 0 Å². The molecular formula is C23H29N3O7S. The molecule has 1 saturated heterocycles. The molecule has 1 atom stereocenters. The molecule has 1 fully saturated rings. The second-order valence-electron chi connectivity index (χ2n) is 8.35. The van der Waals surface area contributed by atoms with E-state index in [-0.39, 0.29) is 36.1 Å². The summed E-state index contributed by atoms with van der Waals surface area (Å²) in [6, 6.07) is 5.15. The number of anilines is 1. The second-order valence-corrected chi connectivity index (χ2v) is 10.2. The SMILES string of the molecule is CCOC(=O)c1c(C)[nH]c(C)c1S(=O)(=O)N1CCC[C@H](C(=O)Nc2ccc3c(c2)OCCO3)C1. The van der Waals surface area contributed by atoms with Gasteiger partial charge in [-0.05, 0) is 45.7 Å². The lowest BCUT2D eigenvalue weighted by molar-refractivity contribution is -0.120. The van der Waals surface area contributed by atoms with Gasteiger partial charge >= 0.3 is 5.97 Å². The summed E-state index contributed by atoms with van der Waals surface area (Å²) < 4.78 is 44.6. The highest BCUT2D eigenvalue weighted by Crippen LogP contribution is 2.34. The van der Waals surface area contributed by atoms with Gasteiger partial charge in [0.25, 0.3) is 0 Å². The third-order valence-corrected chi connectivity index (χ3v) is 8.00. The molecule has 1 aromatic carbocycles. The number of nitrogens with zero attached hydrogens (tertiary/aromatic N) is 1. The maximum Gasteiger partial charge on any atom is 0.341 e. The fourth-order valence-electron chi connectivity index (χ4n) is 4.40. The fourth-order valence-corrected chi connectivity index (χ4v) is 6.34. The lowest BCUT2D eigenvalue weighted by Crippen LogP contribution is -2.44. The van der Waals surface area contributed by atoms with Gasteiger partial charge in [-0.15, -0.1) is 0 Å². The average Bonchev–Trinajstić information content (AvgIpc) is 3.13. The smallest absolute Gasteiger partial charge is 0.341 e. The standard InChI is InChI=1S/C23H29N3O7S/c1-4-31-23(28)20-14(2)24-15(3)21(20)34(29,30)26-9-5-6-16(13-26)22(27)25-17-7-8-18-19(12-17)33-11-10-32-18/h7-8,12,16,24H,4-6,9-11,13H2,1-3H3,(H,25,27)/t16-/m0/s1. The highest BCUT2D eigenvalue weighted by Gasteiger charge is 2.38. The number of sulfonamides is 1. The van der Waals surface area contributed by atoms with Gasteiger partial charge in [-0.25, -0.2) is 13.2 Å². The van der Waals surface area contributed by atoms with Gasteiger partial charge in [-0.1, -0.05) is 0 Å². The lowest BCUT2D eigenvalue weighted by Gasteiger charge is -2.31. The van der Waals surface area contributed by atoms with Crippen LogP contribution in [0.3, 0.4) is 0 Å². The van der Waals surface area contributed by atoms with Gasteiger partial charge in [-0.3, -0.25) is 4.79 Å². The van der Waals surface area contributed by atoms with Gasteiger partial charge < -0.3 is 24.5 Å². The number of aromatic nitrogens is 1. The summed E-state index contributed by atoms with van der Waals surface area (Å²) in [5.41, 5.74) is 1.36. The second kappa shape index (κ2) is 9.67. The number of H-pyrrole nitrogens is 1. The number of nitrogens with one attached hydrogen (secondary N) is 2. The van der Waals surface area contributed by atoms with Crippen LogP contribution in [0.5, 0.6) is 11.5 Å². The van der Waals surface area contributed by atoms with Crippen molar-refractivity contribution in [2.45, 2.75) is 38.5 Å². The van der Waals surface area contributed by atoms with E-state index in [1.165, 1.54) is 4.31 Å². The van der Waals surface area contributed by atoms with Crippen molar-refractivity contribution < 1.29 is 32.2 Å². The molecule has 0 unspecified atom stereocenters. The number of piperidine rings is 1. The summed E-state index contributed by atoms with van der Waals surface area (Å²) in [4.78, 5) is 28.3. The quantitative estimate of drug-likeness (QED) is 0.595. The molecule has 3 heterocycles. The minimum absolute atomic E-state index is 0.0159. The lowest BCUT2D eigenvalue weighted by atomic mass is 9.98. The van der Waals surface area contributed by atoms with Crippen LogP contribution >= 0.6 is 0 Å². The van der Waals surface area contributed by atoms with E-state index in [1.807, 2.05) is 0 Å². The minimum atomic E-state index is -4.03. The Balaban J connectivity index is 1.52. The molecule has 0 radical (unpaired) electrons. The van der Waals surface area contributed by atoms with Crippen molar-refractivity contribution in [2.75, 3.05) is 38.2 Å². The predicted octanol–water partition coefficient (Wildman–Crippen LogP) is 2.62. The van der Waals surface area contributed by atoms with Crippen molar-refractivity contribution in [1.82, 2.24) is 9.29 Å². The molecular weight excluding hydrogens is 462 g/mol. The highest BCUT2D eigenvalue weighted by atomic mass is 32.2. The van der Waals surface area contributed by atoms with E-state index in [0.717, 1.165) is 0 Å². The maximum atomic E-state index is 13.6. The summed E-state index contributed by atoms with van der Waals surface area (Å²) in [6.07, 6.45) is 1.08. The van der Waals surface area contributed by atoms with Crippen LogP contribution in [0.25, 0.3) is 0 Å². The Bertz CT molecular complexity index is 1210. The first-order valence-corrected chi connectivity index (χ1v) is 12.7. The summed E-state index contributed by atoms with van der Waals surface area (Å²) in [5.74, 6) is -0.324. The first kappa shape index (κ1) is 24.1. The maximum absolute atomic E-state index is 13.6. The van der Waals surface area contributed by atoms with Crippen molar-refractivity contribution in [1.29, 1.82) is 0 Å². The molecule has 1 aromatic heterocycles. The zero-order valence-corrected chi connectivity index (χ0v) is 20.3. The molecule has 0 saturated carbocycles. The molecule has 4 rings (SSSR count). The number of ether oxygens (including phenoxy) is 3. The summed E-state index contributed by atoms with van der Waals surface area (Å²) in [6.45, 7) is 6.24. The van der Waals surface area contributed by atoms with Crippen molar-refractivity contribution in [3.8, 4) is 11.5 Å². The van der Waals surface area contributed by atoms with Gasteiger partial charge in [0, 0.05) is 36.2 Å². The molecule has 10 nitrogen and oxygen atoms in total. The molecule has 184 valence electrons. The Hall–Kier alpha value is -3.05. The Morgan fingerprint density at radius 3 is 2.65 bits per heavy atom. The van der Waals surface area contributed by atoms with Crippen molar-refractivity contribution >= 4 is 27.6 Å². The van der Waals surface area contributed by atoms with Gasteiger partial charge in [0.15, 0.2) is 11.5 Å². The van der Waals surface area contributed by atoms with Crippen LogP contribution in [0.15, 0.2) is 23.1 Å². The molecule has 0 spiro atoms. The van der Waals surface area contributed by atoms with Crippen LogP contribution in [0, 0.1) is 19.8 Å². The third kappa shape index (κ3) is 4.62. The summed E-state index contributed by atoms with van der Waals surface area (Å²) >= 11 is 0. The fraction of sp³-hybridized carbons (Fsp3) is 0.478. The number of hydrogen-bond donors (Lipinski definition) is 2. The Labute approximate surface area is 198 Å². The zero-order chi connectivity index (χ0) is 24.5. The van der Waals surface area contributed by atoms with Gasteiger partial charge in [-0.2, -0.15) is 4.31 Å². The number of aryl methyl sites for hydroxylation is 2. The number of rotatable bonds is 6. The van der Waals surface area contributed by atoms with Crippen LogP contribution in [0.4, 0.5) is 5.69 Å². The third-order valence-electron chi connectivity index (χ3n) is 5.96. The molecule has 0 aliphatic carbocycles. The zero-order valence-electron chi connectivity index (χ0n) is 19.5. The number of esters is 1. The van der Waals surface area contributed by atoms with Crippen LogP contribution in [0.2, 0.25) is 0 Å². The van der Waals surface area contributed by atoms with Gasteiger partial charge in [0.1, 0.15) is 23.7 Å². The summed E-state index contributed by atoms with van der Waals surface area (Å²) in [7, 11) is -4.03. The number of carbonyl (C=O) groups excluding carboxylic acids is 2. The van der Waals surface area contributed by atoms with Crippen molar-refractivity contribution in [2.24, 2.45) is 5.92 Å². The Kier molecular flexibility index (Phi) is 6.85. The van der Waals surface area contributed by atoms with E-state index in [0.29, 0.717) is 54.6 Å². The van der Waals surface area contributed by atoms with E-state index in [9.17, 15) is 18.0 Å². The molecule has 2 N–H and O–H groups in total. The van der Waals surface area contributed by atoms with Crippen LogP contribution in [-0.2, 0) is 19.6 Å². The number of carbonyl (C=O) groups is 2. The molecule has 2 aromatic rings. The van der Waals surface area contributed by atoms with Crippen molar-refractivity contribution in [3.05, 3.63) is 35.2 Å². The molecule has 2 aliphatic heterocycles. The molecule has 0 bridgehead atoms. The van der Waals surface area contributed by atoms with Crippen LogP contribution in [0.1, 0.15) is 41.5 Å². The number of fused-ring (bicyclic) bond motifs is 1. The van der Waals surface area contributed by atoms with Gasteiger partial charge in [0.2, 0.25) is 15.9 Å². The van der Waals surface area contributed by atoms with E-state index in [1.54, 1.807) is 39.0 Å². The molecule has 11 heteroatoms. The van der Waals surface area contributed by atoms with E-state index in [2.05, 4.69) is 10.3 Å². The summed E-state index contributed by atoms with van der Waals surface area (Å²) in [5, 5.41) is 2.86. The Morgan fingerprint density at radius 1 is 1.18 bits per heavy atom.